The minimum Gasteiger partial charge on any atom is -0.489 e. The molecule has 172 valence electrons. The van der Waals surface area contributed by atoms with Crippen LogP contribution in [0.15, 0.2) is 23.2 Å². The third kappa shape index (κ3) is 4.27. The highest BCUT2D eigenvalue weighted by Gasteiger charge is 2.55. The van der Waals surface area contributed by atoms with Gasteiger partial charge in [-0.3, -0.25) is 19.2 Å². The zero-order valence-corrected chi connectivity index (χ0v) is 19.2. The molecule has 12 heteroatoms. The third-order valence-corrected chi connectivity index (χ3v) is 6.07. The largest absolute Gasteiger partial charge is 0.489 e. The number of hydrogen-bond donors (Lipinski definition) is 1. The first-order valence-electron chi connectivity index (χ1n) is 10.1. The maximum absolute atomic E-state index is 13.0. The predicted molar refractivity (Wildman–Crippen MR) is 118 cm³/mol. The Morgan fingerprint density at radius 3 is 2.66 bits per heavy atom. The minimum absolute atomic E-state index is 0.0604. The molecule has 0 spiro atoms. The molecule has 2 unspecified atom stereocenters. The first kappa shape index (κ1) is 22.8. The monoisotopic (exact) mass is 484 g/mol. The maximum Gasteiger partial charge on any atom is 0.392 e. The molecular formula is C20H24Cl2N5O5+. The Hall–Kier alpha value is -2.40. The van der Waals surface area contributed by atoms with Crippen molar-refractivity contribution in [3.63, 3.8) is 0 Å². The lowest BCUT2D eigenvalue weighted by atomic mass is 10.1. The van der Waals surface area contributed by atoms with Crippen LogP contribution in [0, 0.1) is 0 Å². The van der Waals surface area contributed by atoms with Crippen LogP contribution in [-0.2, 0) is 9.53 Å². The van der Waals surface area contributed by atoms with E-state index in [2.05, 4.69) is 4.99 Å². The van der Waals surface area contributed by atoms with Crippen LogP contribution >= 0.6 is 23.2 Å². The molecule has 2 saturated heterocycles. The van der Waals surface area contributed by atoms with E-state index in [0.717, 1.165) is 4.90 Å². The molecule has 1 aromatic rings. The maximum atomic E-state index is 13.0. The van der Waals surface area contributed by atoms with Gasteiger partial charge in [0.05, 0.1) is 37.9 Å². The van der Waals surface area contributed by atoms with Crippen molar-refractivity contribution >= 4 is 46.9 Å². The fraction of sp³-hybridized carbons (Fsp3) is 0.500. The number of benzene rings is 1. The Labute approximate surface area is 195 Å². The van der Waals surface area contributed by atoms with Crippen LogP contribution in [0.5, 0.6) is 5.75 Å². The summed E-state index contributed by atoms with van der Waals surface area (Å²) in [6, 6.07) is 3.56. The van der Waals surface area contributed by atoms with Crippen LogP contribution in [0.4, 0.5) is 4.79 Å². The standard InChI is InChI=1S/C20H24Cl2N5O5/c1-24-17-16(18(29)25(2)20(24)30)27(19(23-17)26-5-7-31-8-6-26)10-13(28)11-32-15-4-3-12(21)9-14(15)22/h3-4,9,13,16,28H,5-8,10-11H2,1-2H3/q+1. The molecule has 0 bridgehead atoms. The smallest absolute Gasteiger partial charge is 0.392 e. The highest BCUT2D eigenvalue weighted by molar-refractivity contribution is 6.35. The predicted octanol–water partition coefficient (Wildman–Crippen LogP) is 0.738. The number of carbonyl (C=O) groups excluding carboxylic acids is 2. The Kier molecular flexibility index (Phi) is 6.57. The number of aliphatic hydroxyl groups excluding tert-OH is 1. The van der Waals surface area contributed by atoms with Gasteiger partial charge in [-0.2, -0.15) is 0 Å². The summed E-state index contributed by atoms with van der Waals surface area (Å²) in [5.74, 6) is 0.863. The van der Waals surface area contributed by atoms with Crippen LogP contribution in [0.1, 0.15) is 0 Å². The van der Waals surface area contributed by atoms with Gasteiger partial charge in [-0.1, -0.05) is 28.2 Å². The van der Waals surface area contributed by atoms with E-state index in [9.17, 15) is 14.7 Å². The zero-order valence-electron chi connectivity index (χ0n) is 17.7. The lowest BCUT2D eigenvalue weighted by Gasteiger charge is -2.33. The number of carbonyl (C=O) groups is 2. The van der Waals surface area contributed by atoms with Gasteiger partial charge in [0.15, 0.2) is 0 Å². The van der Waals surface area contributed by atoms with Gasteiger partial charge < -0.3 is 14.6 Å². The molecule has 10 nitrogen and oxygen atoms in total. The Morgan fingerprint density at radius 1 is 1.25 bits per heavy atom. The summed E-state index contributed by atoms with van der Waals surface area (Å²) in [5.41, 5.74) is 0. The second kappa shape index (κ2) is 9.22. The van der Waals surface area contributed by atoms with Crippen LogP contribution in [0.3, 0.4) is 0 Å². The van der Waals surface area contributed by atoms with E-state index >= 15 is 0 Å². The number of guanidine groups is 1. The van der Waals surface area contributed by atoms with Crippen molar-refractivity contribution in [2.45, 2.75) is 12.1 Å². The first-order chi connectivity index (χ1) is 15.3. The number of halogens is 2. The van der Waals surface area contributed by atoms with E-state index in [0.29, 0.717) is 53.9 Å². The summed E-state index contributed by atoms with van der Waals surface area (Å²) >= 11 is 12.0. The van der Waals surface area contributed by atoms with Gasteiger partial charge in [0, 0.05) is 19.1 Å². The van der Waals surface area contributed by atoms with E-state index in [-0.39, 0.29) is 13.2 Å². The van der Waals surface area contributed by atoms with E-state index < -0.39 is 24.1 Å². The highest BCUT2D eigenvalue weighted by Crippen LogP contribution is 2.28. The molecule has 3 aliphatic rings. The summed E-state index contributed by atoms with van der Waals surface area (Å²) < 4.78 is 13.1. The molecule has 2 fully saturated rings. The topological polar surface area (TPSA) is 97.9 Å². The minimum atomic E-state index is -0.964. The molecule has 32 heavy (non-hydrogen) atoms. The number of nitrogens with zero attached hydrogens (tertiary/aromatic N) is 5. The average Bonchev–Trinajstić information content (AvgIpc) is 3.15. The number of aliphatic imine (C=N–C) groups is 1. The second-order valence-corrected chi connectivity index (χ2v) is 8.55. The zero-order chi connectivity index (χ0) is 23.0. The Balaban J connectivity index is 1.56. The summed E-state index contributed by atoms with van der Waals surface area (Å²) in [6.07, 6.45) is -0.964. The number of likely N-dealkylation sites (N-methyl/N-ethyl adjacent to an activating group) is 2. The number of aliphatic hydroxyl groups is 1. The van der Waals surface area contributed by atoms with E-state index in [1.54, 1.807) is 30.1 Å². The number of morpholine rings is 1. The van der Waals surface area contributed by atoms with Crippen molar-refractivity contribution in [1.29, 1.82) is 0 Å². The fourth-order valence-electron chi connectivity index (χ4n) is 3.85. The van der Waals surface area contributed by atoms with Gasteiger partial charge in [-0.15, -0.1) is 0 Å². The molecule has 3 heterocycles. The van der Waals surface area contributed by atoms with Crippen molar-refractivity contribution in [2.24, 2.45) is 4.99 Å². The molecule has 4 rings (SSSR count). The molecule has 0 radical (unpaired) electrons. The molecule has 3 amide bonds. The number of urea groups is 1. The van der Waals surface area contributed by atoms with Crippen molar-refractivity contribution in [3.05, 3.63) is 28.2 Å². The SMILES string of the molecule is CN1C(=O)C2C(=NC(=[N+]3CCOCC3)N2CC(O)COc2ccc(Cl)cc2Cl)N(C)C1=O. The van der Waals surface area contributed by atoms with Gasteiger partial charge in [0.25, 0.3) is 5.91 Å². The van der Waals surface area contributed by atoms with E-state index in [4.69, 9.17) is 32.7 Å². The average molecular weight is 485 g/mol. The number of amidine groups is 1. The van der Waals surface area contributed by atoms with Crippen molar-refractivity contribution < 1.29 is 28.7 Å². The molecule has 1 N–H and O–H groups in total. The van der Waals surface area contributed by atoms with E-state index in [1.807, 2.05) is 4.58 Å². The molecule has 1 aromatic carbocycles. The van der Waals surface area contributed by atoms with Crippen molar-refractivity contribution in [1.82, 2.24) is 14.7 Å². The third-order valence-electron chi connectivity index (χ3n) is 5.54. The van der Waals surface area contributed by atoms with Crippen LogP contribution < -0.4 is 4.74 Å². The summed E-state index contributed by atoms with van der Waals surface area (Å²) in [7, 11) is 3.02. The van der Waals surface area contributed by atoms with Gasteiger partial charge in [0.2, 0.25) is 11.9 Å². The lowest BCUT2D eigenvalue weighted by molar-refractivity contribution is -0.554. The Bertz CT molecular complexity index is 993. The summed E-state index contributed by atoms with van der Waals surface area (Å²) in [6.45, 7) is 2.23. The number of amides is 3. The van der Waals surface area contributed by atoms with Crippen molar-refractivity contribution in [3.8, 4) is 5.75 Å². The molecule has 2 atom stereocenters. The lowest BCUT2D eigenvalue weighted by Crippen LogP contribution is -2.63. The molecule has 0 aliphatic carbocycles. The van der Waals surface area contributed by atoms with E-state index in [1.165, 1.54) is 11.9 Å². The number of ether oxygens (including phenoxy) is 2. The van der Waals surface area contributed by atoms with Gasteiger partial charge in [-0.05, 0) is 18.2 Å². The number of imide groups is 1. The number of hydrogen-bond acceptors (Lipinski definition) is 5. The summed E-state index contributed by atoms with van der Waals surface area (Å²) in [5, 5.41) is 11.6. The quantitative estimate of drug-likeness (QED) is 0.618. The van der Waals surface area contributed by atoms with Crippen LogP contribution in [-0.4, -0.2) is 114 Å². The second-order valence-electron chi connectivity index (χ2n) is 7.70. The van der Waals surface area contributed by atoms with Crippen LogP contribution in [0.25, 0.3) is 0 Å². The molecule has 0 saturated carbocycles. The fourth-order valence-corrected chi connectivity index (χ4v) is 4.31. The van der Waals surface area contributed by atoms with Gasteiger partial charge in [-0.25, -0.2) is 9.69 Å². The highest BCUT2D eigenvalue weighted by atomic mass is 35.5. The van der Waals surface area contributed by atoms with Crippen molar-refractivity contribution in [2.75, 3.05) is 53.6 Å². The molecule has 0 aromatic heterocycles. The van der Waals surface area contributed by atoms with Gasteiger partial charge >= 0.3 is 12.0 Å². The normalized spacial score (nSPS) is 22.3. The number of rotatable bonds is 5. The van der Waals surface area contributed by atoms with Crippen LogP contribution in [0.2, 0.25) is 10.0 Å². The number of fused-ring (bicyclic) bond motifs is 1. The van der Waals surface area contributed by atoms with Gasteiger partial charge in [0.1, 0.15) is 18.5 Å². The molecular weight excluding hydrogens is 461 g/mol. The first-order valence-corrected chi connectivity index (χ1v) is 10.9. The number of β-amino-alcohol motifs (C(OH)–C–C–N with tert-alkyl or cyclic N) is 1. The summed E-state index contributed by atoms with van der Waals surface area (Å²) in [4.78, 5) is 34.2. The molecule has 3 aliphatic heterocycles. The Morgan fingerprint density at radius 2 is 1.97 bits per heavy atom.